The molecular formula is C21H17Cl3N2O3S. The number of amides is 1. The van der Waals surface area contributed by atoms with Gasteiger partial charge in [0.15, 0.2) is 0 Å². The summed E-state index contributed by atoms with van der Waals surface area (Å²) in [7, 11) is -4.04. The van der Waals surface area contributed by atoms with Crippen LogP contribution in [0, 0.1) is 13.8 Å². The van der Waals surface area contributed by atoms with E-state index in [0.717, 1.165) is 11.1 Å². The van der Waals surface area contributed by atoms with Crippen molar-refractivity contribution in [3.63, 3.8) is 0 Å². The van der Waals surface area contributed by atoms with E-state index in [1.807, 2.05) is 19.1 Å². The molecule has 0 heterocycles. The van der Waals surface area contributed by atoms with Crippen LogP contribution in [0.2, 0.25) is 15.1 Å². The molecule has 2 N–H and O–H groups in total. The van der Waals surface area contributed by atoms with Gasteiger partial charge in [-0.25, -0.2) is 8.42 Å². The number of para-hydroxylation sites is 1. The van der Waals surface area contributed by atoms with Crippen molar-refractivity contribution in [2.45, 2.75) is 18.7 Å². The van der Waals surface area contributed by atoms with Crippen molar-refractivity contribution in [3.8, 4) is 0 Å². The van der Waals surface area contributed by atoms with Crippen molar-refractivity contribution >= 4 is 62.1 Å². The van der Waals surface area contributed by atoms with E-state index in [0.29, 0.717) is 5.69 Å². The van der Waals surface area contributed by atoms with Crippen LogP contribution in [0.1, 0.15) is 21.5 Å². The summed E-state index contributed by atoms with van der Waals surface area (Å²) >= 11 is 18.3. The van der Waals surface area contributed by atoms with Gasteiger partial charge >= 0.3 is 0 Å². The first-order valence-corrected chi connectivity index (χ1v) is 11.3. The van der Waals surface area contributed by atoms with Crippen LogP contribution in [-0.2, 0) is 10.0 Å². The fourth-order valence-corrected chi connectivity index (χ4v) is 4.84. The van der Waals surface area contributed by atoms with Gasteiger partial charge in [0.1, 0.15) is 4.90 Å². The van der Waals surface area contributed by atoms with E-state index in [9.17, 15) is 13.2 Å². The van der Waals surface area contributed by atoms with E-state index in [1.165, 1.54) is 18.2 Å². The molecule has 0 aliphatic carbocycles. The molecule has 0 saturated heterocycles. The van der Waals surface area contributed by atoms with Crippen molar-refractivity contribution in [1.82, 2.24) is 0 Å². The van der Waals surface area contributed by atoms with E-state index in [2.05, 4.69) is 10.0 Å². The minimum atomic E-state index is -4.04. The zero-order valence-electron chi connectivity index (χ0n) is 16.0. The molecule has 0 unspecified atom stereocenters. The number of sulfonamides is 1. The van der Waals surface area contributed by atoms with Crippen LogP contribution in [0.4, 0.5) is 11.4 Å². The van der Waals surface area contributed by atoms with Crippen molar-refractivity contribution in [1.29, 1.82) is 0 Å². The van der Waals surface area contributed by atoms with Gasteiger partial charge in [-0.15, -0.1) is 0 Å². The fourth-order valence-electron chi connectivity index (χ4n) is 2.70. The number of anilines is 2. The summed E-state index contributed by atoms with van der Waals surface area (Å²) in [5.74, 6) is -0.579. The standard InChI is InChI=1S/C21H17Cl3N2O3S/c1-12-6-7-13(2)18(10-12)26-30(28,29)19-11-14(8-9-15(19)22)21(27)25-20-16(23)4-3-5-17(20)24/h3-11,26H,1-2H3,(H,25,27). The summed E-state index contributed by atoms with van der Waals surface area (Å²) in [5, 5.41) is 3.10. The average Bonchev–Trinajstić information content (AvgIpc) is 2.67. The molecule has 9 heteroatoms. The van der Waals surface area contributed by atoms with Gasteiger partial charge in [-0.1, -0.05) is 53.0 Å². The highest BCUT2D eigenvalue weighted by Crippen LogP contribution is 2.31. The number of rotatable bonds is 5. The molecule has 30 heavy (non-hydrogen) atoms. The van der Waals surface area contributed by atoms with Crippen LogP contribution >= 0.6 is 34.8 Å². The Labute approximate surface area is 190 Å². The smallest absolute Gasteiger partial charge is 0.263 e. The summed E-state index contributed by atoms with van der Waals surface area (Å²) in [6.07, 6.45) is 0. The Bertz CT molecular complexity index is 1220. The average molecular weight is 484 g/mol. The van der Waals surface area contributed by atoms with Crippen LogP contribution in [0.5, 0.6) is 0 Å². The Balaban J connectivity index is 1.94. The number of carbonyl (C=O) groups excluding carboxylic acids is 1. The zero-order chi connectivity index (χ0) is 22.1. The third kappa shape index (κ3) is 4.90. The van der Waals surface area contributed by atoms with Gasteiger partial charge in [0.25, 0.3) is 15.9 Å². The molecule has 156 valence electrons. The van der Waals surface area contributed by atoms with Gasteiger partial charge in [-0.05, 0) is 61.4 Å². The Kier molecular flexibility index (Phi) is 6.62. The molecule has 0 bridgehead atoms. The molecule has 0 aliphatic rings. The number of hydrogen-bond acceptors (Lipinski definition) is 3. The first-order chi connectivity index (χ1) is 14.1. The molecule has 3 rings (SSSR count). The Morgan fingerprint density at radius 3 is 2.20 bits per heavy atom. The molecule has 0 saturated carbocycles. The van der Waals surface area contributed by atoms with E-state index in [4.69, 9.17) is 34.8 Å². The van der Waals surface area contributed by atoms with E-state index >= 15 is 0 Å². The Morgan fingerprint density at radius 2 is 1.53 bits per heavy atom. The lowest BCUT2D eigenvalue weighted by atomic mass is 10.1. The maximum Gasteiger partial charge on any atom is 0.263 e. The van der Waals surface area contributed by atoms with Crippen LogP contribution in [0.3, 0.4) is 0 Å². The molecule has 0 aromatic heterocycles. The second-order valence-electron chi connectivity index (χ2n) is 6.62. The van der Waals surface area contributed by atoms with Gasteiger partial charge in [0.05, 0.1) is 26.4 Å². The number of aryl methyl sites for hydroxylation is 2. The third-order valence-corrected chi connectivity index (χ3v) is 6.80. The van der Waals surface area contributed by atoms with Crippen molar-refractivity contribution in [2.24, 2.45) is 0 Å². The van der Waals surface area contributed by atoms with Gasteiger partial charge < -0.3 is 5.32 Å². The van der Waals surface area contributed by atoms with Crippen molar-refractivity contribution < 1.29 is 13.2 Å². The summed E-state index contributed by atoms with van der Waals surface area (Å²) in [6, 6.07) is 14.2. The van der Waals surface area contributed by atoms with E-state index < -0.39 is 15.9 Å². The number of nitrogens with one attached hydrogen (secondary N) is 2. The first kappa shape index (κ1) is 22.4. The van der Waals surface area contributed by atoms with Crippen molar-refractivity contribution in [3.05, 3.63) is 86.4 Å². The molecule has 0 radical (unpaired) electrons. The number of halogens is 3. The Hall–Kier alpha value is -2.25. The van der Waals surface area contributed by atoms with Gasteiger partial charge in [0.2, 0.25) is 0 Å². The maximum absolute atomic E-state index is 13.0. The molecule has 0 fully saturated rings. The van der Waals surface area contributed by atoms with E-state index in [-0.39, 0.29) is 31.2 Å². The minimum absolute atomic E-state index is 0.0138. The van der Waals surface area contributed by atoms with Crippen LogP contribution in [0.25, 0.3) is 0 Å². The molecular weight excluding hydrogens is 467 g/mol. The van der Waals surface area contributed by atoms with Crippen LogP contribution < -0.4 is 10.0 Å². The molecule has 0 atom stereocenters. The topological polar surface area (TPSA) is 75.3 Å². The highest BCUT2D eigenvalue weighted by atomic mass is 35.5. The summed E-state index contributed by atoms with van der Waals surface area (Å²) < 4.78 is 28.4. The normalized spacial score (nSPS) is 11.2. The van der Waals surface area contributed by atoms with E-state index in [1.54, 1.807) is 31.2 Å². The third-order valence-electron chi connectivity index (χ3n) is 4.32. The van der Waals surface area contributed by atoms with Crippen LogP contribution in [0.15, 0.2) is 59.5 Å². The lowest BCUT2D eigenvalue weighted by Gasteiger charge is -2.14. The molecule has 0 spiro atoms. The number of carbonyl (C=O) groups is 1. The SMILES string of the molecule is Cc1ccc(C)c(NS(=O)(=O)c2cc(C(=O)Nc3c(Cl)cccc3Cl)ccc2Cl)c1. The van der Waals surface area contributed by atoms with Gasteiger partial charge in [-0.2, -0.15) is 0 Å². The van der Waals surface area contributed by atoms with Crippen molar-refractivity contribution in [2.75, 3.05) is 10.0 Å². The highest BCUT2D eigenvalue weighted by molar-refractivity contribution is 7.92. The maximum atomic E-state index is 13.0. The lowest BCUT2D eigenvalue weighted by Crippen LogP contribution is -2.17. The van der Waals surface area contributed by atoms with Crippen LogP contribution in [-0.4, -0.2) is 14.3 Å². The first-order valence-electron chi connectivity index (χ1n) is 8.73. The number of benzene rings is 3. The second-order valence-corrected chi connectivity index (χ2v) is 9.49. The lowest BCUT2D eigenvalue weighted by molar-refractivity contribution is 0.102. The largest absolute Gasteiger partial charge is 0.319 e. The molecule has 3 aromatic carbocycles. The highest BCUT2D eigenvalue weighted by Gasteiger charge is 2.22. The Morgan fingerprint density at radius 1 is 0.867 bits per heavy atom. The summed E-state index contributed by atoms with van der Waals surface area (Å²) in [4.78, 5) is 12.5. The van der Waals surface area contributed by atoms with Gasteiger partial charge in [0, 0.05) is 5.56 Å². The molecule has 3 aromatic rings. The molecule has 5 nitrogen and oxygen atoms in total. The quantitative estimate of drug-likeness (QED) is 0.446. The predicted molar refractivity (Wildman–Crippen MR) is 123 cm³/mol. The monoisotopic (exact) mass is 482 g/mol. The second kappa shape index (κ2) is 8.86. The number of hydrogen-bond donors (Lipinski definition) is 2. The minimum Gasteiger partial charge on any atom is -0.319 e. The fraction of sp³-hybridized carbons (Fsp3) is 0.0952. The summed E-state index contributed by atoms with van der Waals surface area (Å²) in [6.45, 7) is 3.64. The summed E-state index contributed by atoms with van der Waals surface area (Å²) in [5.41, 5.74) is 2.40. The predicted octanol–water partition coefficient (Wildman–Crippen LogP) is 6.32. The zero-order valence-corrected chi connectivity index (χ0v) is 19.0. The molecule has 0 aliphatic heterocycles. The molecule has 1 amide bonds. The van der Waals surface area contributed by atoms with Gasteiger partial charge in [-0.3, -0.25) is 9.52 Å².